The summed E-state index contributed by atoms with van der Waals surface area (Å²) in [6.07, 6.45) is 6.78. The van der Waals surface area contributed by atoms with Crippen molar-refractivity contribution >= 4 is 29.3 Å². The summed E-state index contributed by atoms with van der Waals surface area (Å²) >= 11 is 6.08. The molecule has 2 fully saturated rings. The lowest BCUT2D eigenvalue weighted by Crippen LogP contribution is -2.63. The number of nitrogens with zero attached hydrogens (tertiary/aromatic N) is 2. The van der Waals surface area contributed by atoms with E-state index in [1.54, 1.807) is 0 Å². The molecule has 1 aliphatic heterocycles. The first-order valence-electron chi connectivity index (χ1n) is 15.4. The monoisotopic (exact) mass is 594 g/mol. The van der Waals surface area contributed by atoms with Gasteiger partial charge in [-0.1, -0.05) is 94.1 Å². The van der Waals surface area contributed by atoms with Crippen molar-refractivity contribution in [2.24, 2.45) is 5.41 Å². The van der Waals surface area contributed by atoms with E-state index in [0.717, 1.165) is 49.9 Å². The van der Waals surface area contributed by atoms with Crippen molar-refractivity contribution in [1.82, 2.24) is 20.4 Å². The molecule has 0 aromatic heterocycles. The van der Waals surface area contributed by atoms with Crippen LogP contribution >= 0.6 is 11.6 Å². The molecule has 7 nitrogen and oxygen atoms in total. The Labute approximate surface area is 256 Å². The number of rotatable bonds is 10. The van der Waals surface area contributed by atoms with Gasteiger partial charge in [0.25, 0.3) is 0 Å². The molecule has 2 aromatic carbocycles. The van der Waals surface area contributed by atoms with Crippen LogP contribution in [0.2, 0.25) is 5.02 Å². The van der Waals surface area contributed by atoms with Gasteiger partial charge in [-0.3, -0.25) is 19.3 Å². The van der Waals surface area contributed by atoms with E-state index in [2.05, 4.69) is 15.5 Å². The van der Waals surface area contributed by atoms with Crippen molar-refractivity contribution in [2.45, 2.75) is 83.7 Å². The molecule has 1 saturated carbocycles. The van der Waals surface area contributed by atoms with E-state index in [-0.39, 0.29) is 28.7 Å². The van der Waals surface area contributed by atoms with E-state index in [1.165, 1.54) is 6.42 Å². The Balaban J connectivity index is 1.39. The number of hydrogen-bond donors (Lipinski definition) is 2. The number of piperazine rings is 1. The molecule has 2 aromatic rings. The topological polar surface area (TPSA) is 81.8 Å². The third kappa shape index (κ3) is 9.30. The van der Waals surface area contributed by atoms with Crippen LogP contribution in [0.4, 0.5) is 0 Å². The predicted octanol–water partition coefficient (Wildman–Crippen LogP) is 5.01. The van der Waals surface area contributed by atoms with Gasteiger partial charge in [-0.15, -0.1) is 0 Å². The molecule has 0 radical (unpaired) electrons. The Morgan fingerprint density at radius 1 is 0.857 bits per heavy atom. The second-order valence-corrected chi connectivity index (χ2v) is 13.7. The highest BCUT2D eigenvalue weighted by Gasteiger charge is 2.40. The predicted molar refractivity (Wildman–Crippen MR) is 168 cm³/mol. The smallest absolute Gasteiger partial charge is 0.245 e. The Kier molecular flexibility index (Phi) is 11.1. The average Bonchev–Trinajstić information content (AvgIpc) is 2.97. The van der Waals surface area contributed by atoms with Crippen LogP contribution in [0.5, 0.6) is 0 Å². The third-order valence-corrected chi connectivity index (χ3v) is 8.80. The number of benzene rings is 2. The maximum absolute atomic E-state index is 13.8. The molecule has 228 valence electrons. The number of hydrogen-bond acceptors (Lipinski definition) is 4. The molecule has 8 heteroatoms. The number of carbonyl (C=O) groups excluding carboxylic acids is 3. The normalized spacial score (nSPS) is 18.2. The molecule has 42 heavy (non-hydrogen) atoms. The molecule has 0 unspecified atom stereocenters. The van der Waals surface area contributed by atoms with Crippen LogP contribution < -0.4 is 10.6 Å². The summed E-state index contributed by atoms with van der Waals surface area (Å²) in [4.78, 5) is 44.0. The molecule has 1 heterocycles. The fourth-order valence-electron chi connectivity index (χ4n) is 6.33. The maximum Gasteiger partial charge on any atom is 0.245 e. The van der Waals surface area contributed by atoms with Gasteiger partial charge in [0.1, 0.15) is 6.04 Å². The Morgan fingerprint density at radius 2 is 1.50 bits per heavy atom. The van der Waals surface area contributed by atoms with Crippen LogP contribution in [-0.2, 0) is 27.2 Å². The summed E-state index contributed by atoms with van der Waals surface area (Å²) in [5, 5.41) is 6.93. The third-order valence-electron chi connectivity index (χ3n) is 8.55. The summed E-state index contributed by atoms with van der Waals surface area (Å²) in [6.45, 7) is 9.41. The van der Waals surface area contributed by atoms with Gasteiger partial charge in [0.15, 0.2) is 0 Å². The lowest BCUT2D eigenvalue weighted by atomic mass is 9.79. The van der Waals surface area contributed by atoms with E-state index in [9.17, 15) is 14.4 Å². The SMILES string of the molecule is CC(C)(C)CC(=O)N[C@H](Cc1ccc(Cl)cc1)C(=O)N1CCN(C2(CNC(=O)Cc3ccccc3)CCCCC2)CC1. The lowest BCUT2D eigenvalue weighted by molar-refractivity contribution is -0.139. The minimum absolute atomic E-state index is 0.0410. The number of carbonyl (C=O) groups is 3. The number of nitrogens with one attached hydrogen (secondary N) is 2. The Bertz CT molecular complexity index is 1180. The average molecular weight is 595 g/mol. The van der Waals surface area contributed by atoms with Crippen molar-refractivity contribution in [2.75, 3.05) is 32.7 Å². The first-order chi connectivity index (χ1) is 20.0. The van der Waals surface area contributed by atoms with Crippen LogP contribution in [0, 0.1) is 5.41 Å². The van der Waals surface area contributed by atoms with E-state index in [0.29, 0.717) is 43.9 Å². The minimum atomic E-state index is -0.631. The zero-order valence-electron chi connectivity index (χ0n) is 25.5. The molecule has 0 spiro atoms. The van der Waals surface area contributed by atoms with Crippen molar-refractivity contribution < 1.29 is 14.4 Å². The fourth-order valence-corrected chi connectivity index (χ4v) is 6.45. The highest BCUT2D eigenvalue weighted by atomic mass is 35.5. The molecular weight excluding hydrogens is 548 g/mol. The van der Waals surface area contributed by atoms with Gasteiger partial charge in [-0.25, -0.2) is 0 Å². The fraction of sp³-hybridized carbons (Fsp3) is 0.559. The maximum atomic E-state index is 13.8. The molecule has 2 aliphatic rings. The van der Waals surface area contributed by atoms with Crippen molar-refractivity contribution in [3.05, 3.63) is 70.7 Å². The molecule has 1 atom stereocenters. The molecule has 4 rings (SSSR count). The molecular formula is C34H47ClN4O3. The summed E-state index contributed by atoms with van der Waals surface area (Å²) in [6, 6.07) is 16.7. The van der Waals surface area contributed by atoms with Crippen LogP contribution in [0.25, 0.3) is 0 Å². The Hall–Kier alpha value is -2.90. The van der Waals surface area contributed by atoms with Gasteiger partial charge in [-0.05, 0) is 41.5 Å². The number of amides is 3. The summed E-state index contributed by atoms with van der Waals surface area (Å²) in [5.74, 6) is -0.0995. The minimum Gasteiger partial charge on any atom is -0.354 e. The molecule has 1 aliphatic carbocycles. The van der Waals surface area contributed by atoms with Crippen molar-refractivity contribution in [1.29, 1.82) is 0 Å². The van der Waals surface area contributed by atoms with Gasteiger partial charge < -0.3 is 15.5 Å². The highest BCUT2D eigenvalue weighted by Crippen LogP contribution is 2.34. The van der Waals surface area contributed by atoms with Gasteiger partial charge in [0.05, 0.1) is 6.42 Å². The van der Waals surface area contributed by atoms with Gasteiger partial charge in [-0.2, -0.15) is 0 Å². The largest absolute Gasteiger partial charge is 0.354 e. The zero-order valence-corrected chi connectivity index (χ0v) is 26.2. The quantitative estimate of drug-likeness (QED) is 0.405. The lowest BCUT2D eigenvalue weighted by Gasteiger charge is -2.50. The second-order valence-electron chi connectivity index (χ2n) is 13.2. The molecule has 2 N–H and O–H groups in total. The van der Waals surface area contributed by atoms with Gasteiger partial charge >= 0.3 is 0 Å². The molecule has 3 amide bonds. The second kappa shape index (κ2) is 14.5. The highest BCUT2D eigenvalue weighted by molar-refractivity contribution is 6.30. The van der Waals surface area contributed by atoms with Crippen molar-refractivity contribution in [3.8, 4) is 0 Å². The zero-order chi connectivity index (χ0) is 30.2. The van der Waals surface area contributed by atoms with Crippen molar-refractivity contribution in [3.63, 3.8) is 0 Å². The van der Waals surface area contributed by atoms with E-state index >= 15 is 0 Å². The van der Waals surface area contributed by atoms with Crippen LogP contribution in [0.1, 0.15) is 70.4 Å². The molecule has 0 bridgehead atoms. The van der Waals surface area contributed by atoms with Crippen LogP contribution in [0.15, 0.2) is 54.6 Å². The summed E-state index contributed by atoms with van der Waals surface area (Å²) in [5.41, 5.74) is 1.72. The van der Waals surface area contributed by atoms with Crippen LogP contribution in [0.3, 0.4) is 0 Å². The van der Waals surface area contributed by atoms with Gasteiger partial charge in [0, 0.05) is 56.1 Å². The Morgan fingerprint density at radius 3 is 2.12 bits per heavy atom. The summed E-state index contributed by atoms with van der Waals surface area (Å²) < 4.78 is 0. The van der Waals surface area contributed by atoms with E-state index in [1.807, 2.05) is 80.3 Å². The molecule has 1 saturated heterocycles. The van der Waals surface area contributed by atoms with E-state index < -0.39 is 6.04 Å². The summed E-state index contributed by atoms with van der Waals surface area (Å²) in [7, 11) is 0. The first-order valence-corrected chi connectivity index (χ1v) is 15.8. The first kappa shape index (κ1) is 32.0. The van der Waals surface area contributed by atoms with Gasteiger partial charge in [0.2, 0.25) is 17.7 Å². The standard InChI is InChI=1S/C34H47ClN4O3/c1-33(2,3)24-31(41)37-29(22-27-12-14-28(35)15-13-27)32(42)38-18-20-39(21-19-38)34(16-8-5-9-17-34)25-36-30(40)23-26-10-6-4-7-11-26/h4,6-7,10-15,29H,5,8-9,16-25H2,1-3H3,(H,36,40)(H,37,41)/t29-/m1/s1. The number of halogens is 1. The van der Waals surface area contributed by atoms with E-state index in [4.69, 9.17) is 11.6 Å². The van der Waals surface area contributed by atoms with Crippen LogP contribution in [-0.4, -0.2) is 71.8 Å².